The monoisotopic (exact) mass is 255 g/mol. The van der Waals surface area contributed by atoms with Crippen molar-refractivity contribution in [1.29, 1.82) is 0 Å². The van der Waals surface area contributed by atoms with Gasteiger partial charge in [-0.1, -0.05) is 19.3 Å². The van der Waals surface area contributed by atoms with Crippen molar-refractivity contribution in [3.05, 3.63) is 0 Å². The number of hydrogen-bond acceptors (Lipinski definition) is 3. The maximum Gasteiger partial charge on any atom is 0.236 e. The molecule has 1 aliphatic carbocycles. The lowest BCUT2D eigenvalue weighted by atomic mass is 9.94. The molecule has 1 rings (SSSR count). The number of hydrogen-bond donors (Lipinski definition) is 1. The zero-order chi connectivity index (χ0) is 13.4. The van der Waals surface area contributed by atoms with Gasteiger partial charge in [-0.3, -0.25) is 9.69 Å². The number of likely N-dealkylation sites (N-methyl/N-ethyl adjacent to an activating group) is 1. The van der Waals surface area contributed by atoms with E-state index in [0.717, 1.165) is 19.6 Å². The van der Waals surface area contributed by atoms with Crippen LogP contribution in [0.4, 0.5) is 0 Å². The Morgan fingerprint density at radius 1 is 1.17 bits per heavy atom. The molecule has 0 aliphatic heterocycles. The minimum absolute atomic E-state index is 0.249. The Kier molecular flexibility index (Phi) is 7.28. The summed E-state index contributed by atoms with van der Waals surface area (Å²) in [4.78, 5) is 16.4. The van der Waals surface area contributed by atoms with Gasteiger partial charge in [-0.25, -0.2) is 0 Å². The first-order valence-corrected chi connectivity index (χ1v) is 7.44. The highest BCUT2D eigenvalue weighted by atomic mass is 16.2. The third kappa shape index (κ3) is 4.58. The van der Waals surface area contributed by atoms with Crippen LogP contribution in [0.1, 0.15) is 46.0 Å². The van der Waals surface area contributed by atoms with Crippen molar-refractivity contribution in [2.75, 3.05) is 32.7 Å². The lowest BCUT2D eigenvalue weighted by molar-refractivity contribution is -0.132. The van der Waals surface area contributed by atoms with Crippen LogP contribution in [0.25, 0.3) is 0 Å². The quantitative estimate of drug-likeness (QED) is 0.749. The molecule has 18 heavy (non-hydrogen) atoms. The molecule has 0 aromatic rings. The lowest BCUT2D eigenvalue weighted by Crippen LogP contribution is -2.47. The number of nitrogens with zero attached hydrogens (tertiary/aromatic N) is 2. The average Bonchev–Trinajstić information content (AvgIpc) is 2.40. The normalized spacial score (nSPS) is 17.1. The fourth-order valence-electron chi connectivity index (χ4n) is 2.85. The first-order chi connectivity index (χ1) is 8.72. The molecule has 2 N–H and O–H groups in total. The molecule has 0 aromatic heterocycles. The summed E-state index contributed by atoms with van der Waals surface area (Å²) < 4.78 is 0. The Labute approximate surface area is 111 Å². The SMILES string of the molecule is CCN(CC)C(=O)CN(CCN)C1CCCCC1. The summed E-state index contributed by atoms with van der Waals surface area (Å²) in [6.45, 7) is 7.71. The number of nitrogens with two attached hydrogens (primary N) is 1. The number of amides is 1. The van der Waals surface area contributed by atoms with E-state index >= 15 is 0 Å². The molecule has 1 aliphatic rings. The van der Waals surface area contributed by atoms with Crippen molar-refractivity contribution in [3.63, 3.8) is 0 Å². The van der Waals surface area contributed by atoms with E-state index in [4.69, 9.17) is 5.73 Å². The van der Waals surface area contributed by atoms with Crippen LogP contribution in [0.2, 0.25) is 0 Å². The van der Waals surface area contributed by atoms with Gasteiger partial charge in [0.15, 0.2) is 0 Å². The Bertz CT molecular complexity index is 235. The zero-order valence-corrected chi connectivity index (χ0v) is 12.0. The van der Waals surface area contributed by atoms with Crippen LogP contribution in [-0.4, -0.2) is 54.5 Å². The van der Waals surface area contributed by atoms with Crippen LogP contribution in [-0.2, 0) is 4.79 Å². The molecule has 1 amide bonds. The second-order valence-corrected chi connectivity index (χ2v) is 5.12. The van der Waals surface area contributed by atoms with Crippen molar-refractivity contribution in [2.24, 2.45) is 5.73 Å². The van der Waals surface area contributed by atoms with E-state index in [1.54, 1.807) is 0 Å². The third-order valence-electron chi connectivity index (χ3n) is 3.96. The first-order valence-electron chi connectivity index (χ1n) is 7.44. The molecule has 4 nitrogen and oxygen atoms in total. The van der Waals surface area contributed by atoms with Crippen molar-refractivity contribution < 1.29 is 4.79 Å². The molecule has 0 spiro atoms. The highest BCUT2D eigenvalue weighted by molar-refractivity contribution is 5.78. The summed E-state index contributed by atoms with van der Waals surface area (Å²) >= 11 is 0. The molecule has 0 saturated heterocycles. The van der Waals surface area contributed by atoms with Crippen LogP contribution in [0, 0.1) is 0 Å². The minimum atomic E-state index is 0.249. The summed E-state index contributed by atoms with van der Waals surface area (Å²) in [5.41, 5.74) is 5.69. The van der Waals surface area contributed by atoms with Gasteiger partial charge in [0, 0.05) is 32.2 Å². The molecule has 106 valence electrons. The second kappa shape index (κ2) is 8.48. The molecular formula is C14H29N3O. The van der Waals surface area contributed by atoms with E-state index < -0.39 is 0 Å². The standard InChI is InChI=1S/C14H29N3O/c1-3-16(4-2)14(18)12-17(11-10-15)13-8-6-5-7-9-13/h13H,3-12,15H2,1-2H3. The largest absolute Gasteiger partial charge is 0.342 e. The smallest absolute Gasteiger partial charge is 0.236 e. The van der Waals surface area contributed by atoms with E-state index in [1.165, 1.54) is 32.1 Å². The fourth-order valence-corrected chi connectivity index (χ4v) is 2.85. The van der Waals surface area contributed by atoms with Gasteiger partial charge in [0.25, 0.3) is 0 Å². The van der Waals surface area contributed by atoms with Crippen LogP contribution < -0.4 is 5.73 Å². The third-order valence-corrected chi connectivity index (χ3v) is 3.96. The predicted octanol–water partition coefficient (Wildman–Crippen LogP) is 1.45. The summed E-state index contributed by atoms with van der Waals surface area (Å²) in [6.07, 6.45) is 6.39. The minimum Gasteiger partial charge on any atom is -0.342 e. The molecule has 0 radical (unpaired) electrons. The van der Waals surface area contributed by atoms with Crippen LogP contribution >= 0.6 is 0 Å². The van der Waals surface area contributed by atoms with E-state index in [-0.39, 0.29) is 5.91 Å². The van der Waals surface area contributed by atoms with E-state index in [1.807, 2.05) is 18.7 Å². The Balaban J connectivity index is 2.52. The fraction of sp³-hybridized carbons (Fsp3) is 0.929. The van der Waals surface area contributed by atoms with Gasteiger partial charge >= 0.3 is 0 Å². The molecular weight excluding hydrogens is 226 g/mol. The molecule has 0 atom stereocenters. The lowest BCUT2D eigenvalue weighted by Gasteiger charge is -2.34. The van der Waals surface area contributed by atoms with Gasteiger partial charge in [0.05, 0.1) is 6.54 Å². The number of carbonyl (C=O) groups excluding carboxylic acids is 1. The average molecular weight is 255 g/mol. The molecule has 1 saturated carbocycles. The van der Waals surface area contributed by atoms with Crippen LogP contribution in [0.5, 0.6) is 0 Å². The summed E-state index contributed by atoms with van der Waals surface area (Å²) in [6, 6.07) is 0.571. The molecule has 0 unspecified atom stereocenters. The maximum absolute atomic E-state index is 12.2. The molecule has 0 aromatic carbocycles. The maximum atomic E-state index is 12.2. The summed E-state index contributed by atoms with van der Waals surface area (Å²) in [5.74, 6) is 0.249. The van der Waals surface area contributed by atoms with Gasteiger partial charge in [-0.05, 0) is 26.7 Å². The highest BCUT2D eigenvalue weighted by Crippen LogP contribution is 2.22. The van der Waals surface area contributed by atoms with E-state index in [9.17, 15) is 4.79 Å². The molecule has 0 bridgehead atoms. The first kappa shape index (κ1) is 15.4. The van der Waals surface area contributed by atoms with E-state index in [0.29, 0.717) is 19.1 Å². The Hall–Kier alpha value is -0.610. The Morgan fingerprint density at radius 2 is 1.78 bits per heavy atom. The van der Waals surface area contributed by atoms with Crippen molar-refractivity contribution >= 4 is 5.91 Å². The van der Waals surface area contributed by atoms with Crippen LogP contribution in [0.3, 0.4) is 0 Å². The van der Waals surface area contributed by atoms with Crippen molar-refractivity contribution in [2.45, 2.75) is 52.0 Å². The van der Waals surface area contributed by atoms with Gasteiger partial charge in [-0.2, -0.15) is 0 Å². The van der Waals surface area contributed by atoms with E-state index in [2.05, 4.69) is 4.90 Å². The van der Waals surface area contributed by atoms with Crippen molar-refractivity contribution in [1.82, 2.24) is 9.80 Å². The predicted molar refractivity (Wildman–Crippen MR) is 75.4 cm³/mol. The topological polar surface area (TPSA) is 49.6 Å². The second-order valence-electron chi connectivity index (χ2n) is 5.12. The molecule has 4 heteroatoms. The van der Waals surface area contributed by atoms with Gasteiger partial charge in [0.1, 0.15) is 0 Å². The highest BCUT2D eigenvalue weighted by Gasteiger charge is 2.23. The molecule has 0 heterocycles. The zero-order valence-electron chi connectivity index (χ0n) is 12.0. The van der Waals surface area contributed by atoms with Crippen molar-refractivity contribution in [3.8, 4) is 0 Å². The van der Waals surface area contributed by atoms with Gasteiger partial charge in [0.2, 0.25) is 5.91 Å². The number of carbonyl (C=O) groups is 1. The number of rotatable bonds is 7. The van der Waals surface area contributed by atoms with Gasteiger partial charge < -0.3 is 10.6 Å². The van der Waals surface area contributed by atoms with Crippen LogP contribution in [0.15, 0.2) is 0 Å². The Morgan fingerprint density at radius 3 is 2.28 bits per heavy atom. The van der Waals surface area contributed by atoms with Gasteiger partial charge in [-0.15, -0.1) is 0 Å². The summed E-state index contributed by atoms with van der Waals surface area (Å²) in [5, 5.41) is 0. The molecule has 1 fully saturated rings. The summed E-state index contributed by atoms with van der Waals surface area (Å²) in [7, 11) is 0.